The second-order valence-electron chi connectivity index (χ2n) is 8.25. The van der Waals surface area contributed by atoms with E-state index in [1.165, 1.54) is 11.1 Å². The molecule has 2 saturated heterocycles. The Morgan fingerprint density at radius 2 is 1.87 bits per heavy atom. The van der Waals surface area contributed by atoms with Gasteiger partial charge in [-0.15, -0.1) is 0 Å². The fourth-order valence-electron chi connectivity index (χ4n) is 4.21. The predicted octanol–water partition coefficient (Wildman–Crippen LogP) is 3.04. The van der Waals surface area contributed by atoms with E-state index in [1.807, 2.05) is 25.7 Å². The normalized spacial score (nSPS) is 28.0. The van der Waals surface area contributed by atoms with Gasteiger partial charge in [0.05, 0.1) is 0 Å². The first-order valence-electron chi connectivity index (χ1n) is 8.59. The Labute approximate surface area is 139 Å². The number of amides is 2. The Morgan fingerprint density at radius 3 is 2.52 bits per heavy atom. The molecule has 0 bridgehead atoms. The molecule has 2 fully saturated rings. The number of likely N-dealkylation sites (tertiary alicyclic amines) is 2. The minimum Gasteiger partial charge on any atom is -0.333 e. The number of rotatable bonds is 1. The number of nitrogens with zero attached hydrogens (tertiary/aromatic N) is 2. The van der Waals surface area contributed by atoms with E-state index < -0.39 is 0 Å². The van der Waals surface area contributed by atoms with Crippen LogP contribution in [0.25, 0.3) is 0 Å². The maximum atomic E-state index is 12.5. The van der Waals surface area contributed by atoms with Crippen LogP contribution in [0.3, 0.4) is 0 Å². The molecule has 4 nitrogen and oxygen atoms in total. The monoisotopic (exact) mass is 315 g/mol. The summed E-state index contributed by atoms with van der Waals surface area (Å²) in [6.07, 6.45) is 0. The maximum Gasteiger partial charge on any atom is 0.317 e. The van der Waals surface area contributed by atoms with Gasteiger partial charge in [-0.2, -0.15) is 0 Å². The number of carbonyl (C=O) groups is 1. The van der Waals surface area contributed by atoms with Crippen LogP contribution in [0.1, 0.15) is 37.9 Å². The smallest absolute Gasteiger partial charge is 0.317 e. The molecule has 2 amide bonds. The zero-order valence-electron chi connectivity index (χ0n) is 15.0. The molecule has 2 heterocycles. The van der Waals surface area contributed by atoms with Crippen LogP contribution < -0.4 is 5.32 Å². The van der Waals surface area contributed by atoms with E-state index in [2.05, 4.69) is 48.5 Å². The Bertz CT molecular complexity index is 593. The van der Waals surface area contributed by atoms with Crippen molar-refractivity contribution in [1.82, 2.24) is 15.1 Å². The summed E-state index contributed by atoms with van der Waals surface area (Å²) in [6.45, 7) is 11.1. The third-order valence-electron chi connectivity index (χ3n) is 5.17. The van der Waals surface area contributed by atoms with E-state index >= 15 is 0 Å². The Kier molecular flexibility index (Phi) is 4.13. The molecule has 1 aromatic rings. The highest BCUT2D eigenvalue weighted by Crippen LogP contribution is 2.44. The SMILES string of the molecule is Cc1ccccc1[C@H]1[C@@H]2CN(C(=O)NC(C)(C)C)C[C@@H]2CN1C. The number of hydrogen-bond acceptors (Lipinski definition) is 2. The number of urea groups is 1. The van der Waals surface area contributed by atoms with Gasteiger partial charge in [0.2, 0.25) is 0 Å². The molecule has 0 unspecified atom stereocenters. The molecule has 126 valence electrons. The standard InChI is InChI=1S/C19H29N3O/c1-13-8-6-7-9-15(13)17-16-12-22(11-14(16)10-21(17)5)18(23)20-19(2,3)4/h6-9,14,16-17H,10-12H2,1-5H3,(H,20,23)/t14-,16+,17-/m0/s1. The minimum absolute atomic E-state index is 0.0816. The molecule has 0 aromatic heterocycles. The first kappa shape index (κ1) is 16.3. The molecule has 3 rings (SSSR count). The van der Waals surface area contributed by atoms with Gasteiger partial charge in [0, 0.05) is 37.1 Å². The third-order valence-corrected chi connectivity index (χ3v) is 5.17. The summed E-state index contributed by atoms with van der Waals surface area (Å²) < 4.78 is 0. The van der Waals surface area contributed by atoms with Gasteiger partial charge in [0.1, 0.15) is 0 Å². The molecule has 1 N–H and O–H groups in total. The lowest BCUT2D eigenvalue weighted by Crippen LogP contribution is -2.48. The minimum atomic E-state index is -0.180. The highest BCUT2D eigenvalue weighted by atomic mass is 16.2. The van der Waals surface area contributed by atoms with Crippen LogP contribution in [0.2, 0.25) is 0 Å². The van der Waals surface area contributed by atoms with E-state index in [1.54, 1.807) is 0 Å². The van der Waals surface area contributed by atoms with Crippen molar-refractivity contribution >= 4 is 6.03 Å². The van der Waals surface area contributed by atoms with Gasteiger partial charge in [-0.25, -0.2) is 4.79 Å². The number of hydrogen-bond donors (Lipinski definition) is 1. The molecule has 23 heavy (non-hydrogen) atoms. The van der Waals surface area contributed by atoms with E-state index in [4.69, 9.17) is 0 Å². The second kappa shape index (κ2) is 5.82. The van der Waals surface area contributed by atoms with E-state index in [9.17, 15) is 4.79 Å². The van der Waals surface area contributed by atoms with Crippen molar-refractivity contribution in [2.24, 2.45) is 11.8 Å². The van der Waals surface area contributed by atoms with Crippen LogP contribution in [0.15, 0.2) is 24.3 Å². The zero-order valence-corrected chi connectivity index (χ0v) is 15.0. The summed E-state index contributed by atoms with van der Waals surface area (Å²) in [5.74, 6) is 1.11. The summed E-state index contributed by atoms with van der Waals surface area (Å²) in [6, 6.07) is 9.17. The molecular formula is C19H29N3O. The average molecular weight is 315 g/mol. The quantitative estimate of drug-likeness (QED) is 0.864. The van der Waals surface area contributed by atoms with E-state index in [0.29, 0.717) is 17.9 Å². The van der Waals surface area contributed by atoms with Crippen molar-refractivity contribution < 1.29 is 4.79 Å². The zero-order chi connectivity index (χ0) is 16.8. The molecule has 0 saturated carbocycles. The lowest BCUT2D eigenvalue weighted by Gasteiger charge is -2.29. The molecular weight excluding hydrogens is 286 g/mol. The van der Waals surface area contributed by atoms with Crippen LogP contribution in [-0.4, -0.2) is 48.1 Å². The van der Waals surface area contributed by atoms with Crippen LogP contribution in [-0.2, 0) is 0 Å². The first-order chi connectivity index (χ1) is 10.8. The average Bonchev–Trinajstić information content (AvgIpc) is 2.95. The van der Waals surface area contributed by atoms with Crippen LogP contribution in [0.4, 0.5) is 4.79 Å². The van der Waals surface area contributed by atoms with Gasteiger partial charge in [0.25, 0.3) is 0 Å². The number of carbonyl (C=O) groups excluding carboxylic acids is 1. The fraction of sp³-hybridized carbons (Fsp3) is 0.632. The lowest BCUT2D eigenvalue weighted by atomic mass is 9.88. The second-order valence-corrected chi connectivity index (χ2v) is 8.25. The van der Waals surface area contributed by atoms with Gasteiger partial charge in [0.15, 0.2) is 0 Å². The van der Waals surface area contributed by atoms with Gasteiger partial charge < -0.3 is 10.2 Å². The highest BCUT2D eigenvalue weighted by Gasteiger charge is 2.47. The van der Waals surface area contributed by atoms with Crippen LogP contribution in [0, 0.1) is 18.8 Å². The van der Waals surface area contributed by atoms with Gasteiger partial charge >= 0.3 is 6.03 Å². The number of benzene rings is 1. The predicted molar refractivity (Wildman–Crippen MR) is 93.4 cm³/mol. The first-order valence-corrected chi connectivity index (χ1v) is 8.59. The molecule has 4 heteroatoms. The topological polar surface area (TPSA) is 35.6 Å². The van der Waals surface area contributed by atoms with Crippen molar-refractivity contribution in [3.63, 3.8) is 0 Å². The largest absolute Gasteiger partial charge is 0.333 e. The summed E-state index contributed by atoms with van der Waals surface area (Å²) in [5.41, 5.74) is 2.59. The van der Waals surface area contributed by atoms with Crippen molar-refractivity contribution in [2.75, 3.05) is 26.7 Å². The van der Waals surface area contributed by atoms with Crippen molar-refractivity contribution in [2.45, 2.75) is 39.3 Å². The van der Waals surface area contributed by atoms with E-state index in [-0.39, 0.29) is 11.6 Å². The maximum absolute atomic E-state index is 12.5. The summed E-state index contributed by atoms with van der Waals surface area (Å²) in [4.78, 5) is 17.0. The van der Waals surface area contributed by atoms with Gasteiger partial charge in [-0.05, 0) is 51.8 Å². The third kappa shape index (κ3) is 3.23. The number of fused-ring (bicyclic) bond motifs is 1. The Balaban J connectivity index is 1.77. The highest BCUT2D eigenvalue weighted by molar-refractivity contribution is 5.75. The summed E-state index contributed by atoms with van der Waals surface area (Å²) in [5, 5.41) is 3.10. The van der Waals surface area contributed by atoms with E-state index in [0.717, 1.165) is 19.6 Å². The summed E-state index contributed by atoms with van der Waals surface area (Å²) >= 11 is 0. The molecule has 2 aliphatic heterocycles. The molecule has 1 aromatic carbocycles. The van der Waals surface area contributed by atoms with Crippen molar-refractivity contribution in [3.05, 3.63) is 35.4 Å². The van der Waals surface area contributed by atoms with Crippen molar-refractivity contribution in [3.8, 4) is 0 Å². The molecule has 0 spiro atoms. The van der Waals surface area contributed by atoms with Gasteiger partial charge in [-0.1, -0.05) is 24.3 Å². The molecule has 2 aliphatic rings. The van der Waals surface area contributed by atoms with Crippen LogP contribution in [0.5, 0.6) is 0 Å². The number of aryl methyl sites for hydroxylation is 1. The Morgan fingerprint density at radius 1 is 1.17 bits per heavy atom. The number of nitrogens with one attached hydrogen (secondary N) is 1. The fourth-order valence-corrected chi connectivity index (χ4v) is 4.21. The molecule has 0 radical (unpaired) electrons. The summed E-state index contributed by atoms with van der Waals surface area (Å²) in [7, 11) is 2.22. The Hall–Kier alpha value is -1.55. The lowest BCUT2D eigenvalue weighted by molar-refractivity contribution is 0.186. The van der Waals surface area contributed by atoms with Crippen molar-refractivity contribution in [1.29, 1.82) is 0 Å². The molecule has 0 aliphatic carbocycles. The molecule has 3 atom stereocenters. The van der Waals surface area contributed by atoms with Crippen LogP contribution >= 0.6 is 0 Å². The van der Waals surface area contributed by atoms with Gasteiger partial charge in [-0.3, -0.25) is 4.90 Å².